The topological polar surface area (TPSA) is 59.8 Å². The number of anilines is 1. The molecule has 0 radical (unpaired) electrons. The van der Waals surface area contributed by atoms with Crippen molar-refractivity contribution in [1.29, 1.82) is 0 Å². The zero-order valence-electron chi connectivity index (χ0n) is 13.9. The zero-order chi connectivity index (χ0) is 18.5. The maximum Gasteiger partial charge on any atom is 0.234 e. The van der Waals surface area contributed by atoms with Crippen molar-refractivity contribution in [2.75, 3.05) is 11.1 Å². The maximum absolute atomic E-state index is 13.6. The van der Waals surface area contributed by atoms with Crippen LogP contribution in [0.5, 0.6) is 0 Å². The van der Waals surface area contributed by atoms with Crippen LogP contribution in [0, 0.1) is 11.6 Å². The molecule has 1 heterocycles. The van der Waals surface area contributed by atoms with Gasteiger partial charge in [0.25, 0.3) is 0 Å². The van der Waals surface area contributed by atoms with Gasteiger partial charge in [-0.3, -0.25) is 4.79 Å². The largest absolute Gasteiger partial charge is 0.323 e. The molecule has 0 bridgehead atoms. The number of hydrogen-bond acceptors (Lipinski definition) is 4. The van der Waals surface area contributed by atoms with Crippen LogP contribution in [-0.4, -0.2) is 26.4 Å². The molecule has 0 unspecified atom stereocenters. The molecule has 0 saturated heterocycles. The van der Waals surface area contributed by atoms with Crippen LogP contribution in [0.1, 0.15) is 6.92 Å². The first-order valence-electron chi connectivity index (χ1n) is 7.94. The Bertz CT molecular complexity index is 915. The maximum atomic E-state index is 13.6. The van der Waals surface area contributed by atoms with Gasteiger partial charge in [0.15, 0.2) is 11.0 Å². The number of rotatable bonds is 6. The fraction of sp³-hybridized carbons (Fsp3) is 0.167. The Hall–Kier alpha value is -2.74. The summed E-state index contributed by atoms with van der Waals surface area (Å²) in [7, 11) is 0. The second kappa shape index (κ2) is 8.09. The zero-order valence-corrected chi connectivity index (χ0v) is 14.8. The molecular weight excluding hydrogens is 358 g/mol. The van der Waals surface area contributed by atoms with Crippen molar-refractivity contribution >= 4 is 23.4 Å². The van der Waals surface area contributed by atoms with Gasteiger partial charge in [-0.2, -0.15) is 0 Å². The van der Waals surface area contributed by atoms with Crippen LogP contribution in [0.2, 0.25) is 0 Å². The summed E-state index contributed by atoms with van der Waals surface area (Å²) in [6.07, 6.45) is 0. The van der Waals surface area contributed by atoms with E-state index in [1.54, 1.807) is 0 Å². The van der Waals surface area contributed by atoms with Crippen molar-refractivity contribution in [3.05, 3.63) is 60.2 Å². The fourth-order valence-corrected chi connectivity index (χ4v) is 3.19. The summed E-state index contributed by atoms with van der Waals surface area (Å²) in [4.78, 5) is 12.0. The molecule has 0 aliphatic rings. The summed E-state index contributed by atoms with van der Waals surface area (Å²) in [5.41, 5.74) is 0.880. The Labute approximate surface area is 153 Å². The molecule has 1 N–H and O–H groups in total. The highest BCUT2D eigenvalue weighted by Gasteiger charge is 2.15. The number of thioether (sulfide) groups is 1. The third-order valence-electron chi connectivity index (χ3n) is 3.60. The monoisotopic (exact) mass is 374 g/mol. The Kier molecular flexibility index (Phi) is 5.62. The molecule has 3 rings (SSSR count). The summed E-state index contributed by atoms with van der Waals surface area (Å²) in [5, 5.41) is 11.4. The second-order valence-corrected chi connectivity index (χ2v) is 6.32. The van der Waals surface area contributed by atoms with Crippen LogP contribution >= 0.6 is 11.8 Å². The lowest BCUT2D eigenvalue weighted by Crippen LogP contribution is -2.15. The minimum Gasteiger partial charge on any atom is -0.323 e. The first-order chi connectivity index (χ1) is 12.6. The van der Waals surface area contributed by atoms with E-state index in [9.17, 15) is 13.6 Å². The van der Waals surface area contributed by atoms with E-state index in [4.69, 9.17) is 0 Å². The summed E-state index contributed by atoms with van der Waals surface area (Å²) >= 11 is 1.20. The van der Waals surface area contributed by atoms with E-state index in [-0.39, 0.29) is 11.4 Å². The van der Waals surface area contributed by atoms with Gasteiger partial charge in [-0.05, 0) is 19.1 Å². The van der Waals surface area contributed by atoms with Gasteiger partial charge in [-0.1, -0.05) is 42.1 Å². The number of hydrogen-bond donors (Lipinski definition) is 1. The molecule has 0 atom stereocenters. The van der Waals surface area contributed by atoms with E-state index in [0.717, 1.165) is 23.5 Å². The first kappa shape index (κ1) is 18.1. The fourth-order valence-electron chi connectivity index (χ4n) is 2.39. The number of benzene rings is 2. The SMILES string of the molecule is CCn1c(SCC(=O)Nc2ccc(F)cc2F)nnc1-c1ccccc1. The van der Waals surface area contributed by atoms with Crippen molar-refractivity contribution in [3.8, 4) is 11.4 Å². The van der Waals surface area contributed by atoms with Crippen LogP contribution in [0.15, 0.2) is 53.7 Å². The van der Waals surface area contributed by atoms with Gasteiger partial charge >= 0.3 is 0 Å². The molecule has 1 aromatic heterocycles. The lowest BCUT2D eigenvalue weighted by atomic mass is 10.2. The molecule has 5 nitrogen and oxygen atoms in total. The van der Waals surface area contributed by atoms with E-state index in [0.29, 0.717) is 11.7 Å². The quantitative estimate of drug-likeness (QED) is 0.663. The minimum absolute atomic E-state index is 0.0315. The summed E-state index contributed by atoms with van der Waals surface area (Å²) < 4.78 is 28.4. The standard InChI is InChI=1S/C18H16F2N4OS/c1-2-24-17(12-6-4-3-5-7-12)22-23-18(24)26-11-16(25)21-15-9-8-13(19)10-14(15)20/h3-10H,2,11H2,1H3,(H,21,25). The first-order valence-corrected chi connectivity index (χ1v) is 8.93. The van der Waals surface area contributed by atoms with E-state index >= 15 is 0 Å². The number of halogens is 2. The number of nitrogens with zero attached hydrogens (tertiary/aromatic N) is 3. The van der Waals surface area contributed by atoms with Crippen molar-refractivity contribution in [3.63, 3.8) is 0 Å². The number of carbonyl (C=O) groups excluding carboxylic acids is 1. The lowest BCUT2D eigenvalue weighted by molar-refractivity contribution is -0.113. The molecule has 0 aliphatic heterocycles. The van der Waals surface area contributed by atoms with Crippen LogP contribution in [0.3, 0.4) is 0 Å². The summed E-state index contributed by atoms with van der Waals surface area (Å²) in [6.45, 7) is 2.61. The predicted molar refractivity (Wildman–Crippen MR) is 96.8 cm³/mol. The molecule has 8 heteroatoms. The van der Waals surface area contributed by atoms with Gasteiger partial charge in [-0.15, -0.1) is 10.2 Å². The molecule has 26 heavy (non-hydrogen) atoms. The number of nitrogens with one attached hydrogen (secondary N) is 1. The van der Waals surface area contributed by atoms with Crippen molar-refractivity contribution < 1.29 is 13.6 Å². The van der Waals surface area contributed by atoms with E-state index in [1.165, 1.54) is 17.8 Å². The molecule has 0 saturated carbocycles. The van der Waals surface area contributed by atoms with Gasteiger partial charge in [0.2, 0.25) is 5.91 Å². The Morgan fingerprint density at radius 1 is 1.15 bits per heavy atom. The second-order valence-electron chi connectivity index (χ2n) is 5.38. The molecule has 3 aromatic rings. The van der Waals surface area contributed by atoms with Crippen LogP contribution in [-0.2, 0) is 11.3 Å². The molecule has 134 valence electrons. The number of amides is 1. The number of aromatic nitrogens is 3. The highest BCUT2D eigenvalue weighted by molar-refractivity contribution is 7.99. The highest BCUT2D eigenvalue weighted by atomic mass is 32.2. The van der Waals surface area contributed by atoms with Gasteiger partial charge in [0.1, 0.15) is 11.6 Å². The lowest BCUT2D eigenvalue weighted by Gasteiger charge is -2.08. The summed E-state index contributed by atoms with van der Waals surface area (Å²) in [5.74, 6) is -1.16. The molecule has 0 aliphatic carbocycles. The van der Waals surface area contributed by atoms with Gasteiger partial charge in [0, 0.05) is 18.2 Å². The summed E-state index contributed by atoms with van der Waals surface area (Å²) in [6, 6.07) is 12.6. The van der Waals surface area contributed by atoms with Gasteiger partial charge in [0.05, 0.1) is 11.4 Å². The average molecular weight is 374 g/mol. The van der Waals surface area contributed by atoms with Crippen molar-refractivity contribution in [2.45, 2.75) is 18.6 Å². The highest BCUT2D eigenvalue weighted by Crippen LogP contribution is 2.24. The van der Waals surface area contributed by atoms with E-state index in [1.807, 2.05) is 41.8 Å². The Morgan fingerprint density at radius 2 is 1.92 bits per heavy atom. The number of carbonyl (C=O) groups is 1. The van der Waals surface area contributed by atoms with Gasteiger partial charge in [-0.25, -0.2) is 8.78 Å². The van der Waals surface area contributed by atoms with Crippen LogP contribution in [0.25, 0.3) is 11.4 Å². The molecule has 0 fully saturated rings. The van der Waals surface area contributed by atoms with E-state index in [2.05, 4.69) is 15.5 Å². The van der Waals surface area contributed by atoms with Crippen molar-refractivity contribution in [2.24, 2.45) is 0 Å². The third-order valence-corrected chi connectivity index (χ3v) is 4.57. The van der Waals surface area contributed by atoms with Gasteiger partial charge < -0.3 is 9.88 Å². The predicted octanol–water partition coefficient (Wildman–Crippen LogP) is 3.97. The Balaban J connectivity index is 1.68. The van der Waals surface area contributed by atoms with E-state index < -0.39 is 17.5 Å². The smallest absolute Gasteiger partial charge is 0.234 e. The van der Waals surface area contributed by atoms with Crippen LogP contribution < -0.4 is 5.32 Å². The molecular formula is C18H16F2N4OS. The average Bonchev–Trinajstić information content (AvgIpc) is 3.06. The van der Waals surface area contributed by atoms with Crippen LogP contribution in [0.4, 0.5) is 14.5 Å². The normalized spacial score (nSPS) is 10.7. The minimum atomic E-state index is -0.813. The third kappa shape index (κ3) is 4.08. The molecule has 0 spiro atoms. The molecule has 2 aromatic carbocycles. The van der Waals surface area contributed by atoms with Crippen molar-refractivity contribution in [1.82, 2.24) is 14.8 Å². The Morgan fingerprint density at radius 3 is 2.62 bits per heavy atom. The molecule has 1 amide bonds.